The number of aromatic nitrogens is 1. The predicted octanol–water partition coefficient (Wildman–Crippen LogP) is 1.83. The van der Waals surface area contributed by atoms with Crippen LogP contribution in [0.3, 0.4) is 0 Å². The molecule has 0 saturated carbocycles. The molecule has 1 aliphatic rings. The van der Waals surface area contributed by atoms with Gasteiger partial charge in [0.05, 0.1) is 19.8 Å². The maximum atomic E-state index is 12.9. The van der Waals surface area contributed by atoms with Gasteiger partial charge in [0, 0.05) is 42.4 Å². The third kappa shape index (κ3) is 3.20. The summed E-state index contributed by atoms with van der Waals surface area (Å²) >= 11 is 0. The highest BCUT2D eigenvalue weighted by Crippen LogP contribution is 2.27. The van der Waals surface area contributed by atoms with E-state index in [-0.39, 0.29) is 19.1 Å². The van der Waals surface area contributed by atoms with E-state index in [9.17, 15) is 14.7 Å². The Morgan fingerprint density at radius 2 is 2.12 bits per heavy atom. The molecule has 1 saturated heterocycles. The van der Waals surface area contributed by atoms with Gasteiger partial charge in [-0.3, -0.25) is 4.79 Å². The number of carbonyl (C=O) groups excluding carboxylic acids is 1. The van der Waals surface area contributed by atoms with Gasteiger partial charge < -0.3 is 24.0 Å². The van der Waals surface area contributed by atoms with Crippen molar-refractivity contribution in [1.82, 2.24) is 9.47 Å². The fraction of sp³-hybridized carbons (Fsp3) is 0.474. The lowest BCUT2D eigenvalue weighted by Crippen LogP contribution is -2.52. The molecule has 2 heterocycles. The van der Waals surface area contributed by atoms with E-state index in [1.165, 1.54) is 4.90 Å². The number of hydrogen-bond donors (Lipinski definition) is 1. The molecule has 0 bridgehead atoms. The molecule has 26 heavy (non-hydrogen) atoms. The average molecular weight is 360 g/mol. The number of benzene rings is 1. The number of aliphatic carboxylic acids is 1. The van der Waals surface area contributed by atoms with Crippen LogP contribution in [0.5, 0.6) is 0 Å². The van der Waals surface area contributed by atoms with E-state index in [4.69, 9.17) is 9.47 Å². The Bertz CT molecular complexity index is 842. The van der Waals surface area contributed by atoms with Gasteiger partial charge in [0.2, 0.25) is 0 Å². The lowest BCUT2D eigenvalue weighted by atomic mass is 10.1. The second-order valence-corrected chi connectivity index (χ2v) is 6.51. The summed E-state index contributed by atoms with van der Waals surface area (Å²) in [5, 5.41) is 10.4. The summed E-state index contributed by atoms with van der Waals surface area (Å²) in [5.41, 5.74) is 3.79. The van der Waals surface area contributed by atoms with Gasteiger partial charge in [-0.05, 0) is 37.6 Å². The second-order valence-electron chi connectivity index (χ2n) is 6.51. The molecule has 2 aromatic rings. The van der Waals surface area contributed by atoms with Crippen molar-refractivity contribution < 1.29 is 24.2 Å². The molecule has 0 radical (unpaired) electrons. The molecule has 1 unspecified atom stereocenters. The van der Waals surface area contributed by atoms with Crippen molar-refractivity contribution in [3.63, 3.8) is 0 Å². The second kappa shape index (κ2) is 7.47. The number of carbonyl (C=O) groups is 2. The summed E-state index contributed by atoms with van der Waals surface area (Å²) in [6.07, 6.45) is 0. The third-order valence-electron chi connectivity index (χ3n) is 5.08. The number of morpholine rings is 1. The first kappa shape index (κ1) is 18.4. The average Bonchev–Trinajstić information content (AvgIpc) is 2.89. The number of ether oxygens (including phenoxy) is 2. The molecule has 1 N–H and O–H groups in total. The van der Waals surface area contributed by atoms with Crippen molar-refractivity contribution in [1.29, 1.82) is 0 Å². The van der Waals surface area contributed by atoms with E-state index in [1.54, 1.807) is 13.2 Å². The summed E-state index contributed by atoms with van der Waals surface area (Å²) in [6, 6.07) is 4.61. The van der Waals surface area contributed by atoms with Crippen LogP contribution in [0.15, 0.2) is 18.2 Å². The number of rotatable bonds is 5. The molecule has 0 spiro atoms. The van der Waals surface area contributed by atoms with Crippen LogP contribution in [-0.4, -0.2) is 66.0 Å². The van der Waals surface area contributed by atoms with Crippen molar-refractivity contribution >= 4 is 22.8 Å². The largest absolute Gasteiger partial charge is 0.480 e. The highest BCUT2D eigenvalue weighted by Gasteiger charge is 2.33. The first-order chi connectivity index (χ1) is 12.5. The van der Waals surface area contributed by atoms with E-state index in [2.05, 4.69) is 11.5 Å². The minimum atomic E-state index is -1.04. The molecule has 1 fully saturated rings. The number of fused-ring (bicyclic) bond motifs is 1. The first-order valence-corrected chi connectivity index (χ1v) is 8.65. The third-order valence-corrected chi connectivity index (χ3v) is 5.08. The SMILES string of the molecule is COCCn1c(C)c(C)c2cc(C(=O)N3CCOCC3C(=O)O)ccc21. The van der Waals surface area contributed by atoms with Crippen LogP contribution in [0, 0.1) is 13.8 Å². The molecule has 3 rings (SSSR count). The Hall–Kier alpha value is -2.38. The number of nitrogens with zero attached hydrogens (tertiary/aromatic N) is 2. The number of carboxylic acid groups (broad SMARTS) is 1. The minimum absolute atomic E-state index is 0.0227. The lowest BCUT2D eigenvalue weighted by molar-refractivity contribution is -0.147. The van der Waals surface area contributed by atoms with Crippen LogP contribution in [0.25, 0.3) is 10.9 Å². The monoisotopic (exact) mass is 360 g/mol. The Labute approximate surface area is 152 Å². The molecular weight excluding hydrogens is 336 g/mol. The fourth-order valence-electron chi connectivity index (χ4n) is 3.47. The van der Waals surface area contributed by atoms with E-state index < -0.39 is 12.0 Å². The Balaban J connectivity index is 1.97. The van der Waals surface area contributed by atoms with Crippen molar-refractivity contribution in [2.45, 2.75) is 26.4 Å². The maximum absolute atomic E-state index is 12.9. The first-order valence-electron chi connectivity index (χ1n) is 8.65. The number of carboxylic acids is 1. The van der Waals surface area contributed by atoms with E-state index in [0.29, 0.717) is 18.8 Å². The van der Waals surface area contributed by atoms with Crippen molar-refractivity contribution in [3.8, 4) is 0 Å². The van der Waals surface area contributed by atoms with Gasteiger partial charge in [-0.1, -0.05) is 0 Å². The Morgan fingerprint density at radius 1 is 1.35 bits per heavy atom. The number of amides is 1. The van der Waals surface area contributed by atoms with Gasteiger partial charge in [-0.2, -0.15) is 0 Å². The van der Waals surface area contributed by atoms with Crippen LogP contribution in [0.4, 0.5) is 0 Å². The highest BCUT2D eigenvalue weighted by molar-refractivity contribution is 6.00. The normalized spacial score (nSPS) is 17.7. The van der Waals surface area contributed by atoms with Crippen LogP contribution in [-0.2, 0) is 20.8 Å². The van der Waals surface area contributed by atoms with Crippen LogP contribution in [0.2, 0.25) is 0 Å². The van der Waals surface area contributed by atoms with Crippen LogP contribution in [0.1, 0.15) is 21.6 Å². The van der Waals surface area contributed by atoms with Gasteiger partial charge in [0.1, 0.15) is 0 Å². The minimum Gasteiger partial charge on any atom is -0.480 e. The van der Waals surface area contributed by atoms with Crippen molar-refractivity contribution in [3.05, 3.63) is 35.0 Å². The van der Waals surface area contributed by atoms with Crippen molar-refractivity contribution in [2.24, 2.45) is 0 Å². The predicted molar refractivity (Wildman–Crippen MR) is 96.6 cm³/mol. The molecule has 1 aliphatic heterocycles. The number of aryl methyl sites for hydroxylation is 1. The Kier molecular flexibility index (Phi) is 5.29. The summed E-state index contributed by atoms with van der Waals surface area (Å²) < 4.78 is 12.6. The molecule has 0 aliphatic carbocycles. The van der Waals surface area contributed by atoms with Gasteiger partial charge in [0.15, 0.2) is 6.04 Å². The molecule has 1 atom stereocenters. The summed E-state index contributed by atoms with van der Waals surface area (Å²) in [6.45, 7) is 6.08. The molecule has 1 aromatic carbocycles. The summed E-state index contributed by atoms with van der Waals surface area (Å²) in [5.74, 6) is -1.32. The van der Waals surface area contributed by atoms with Crippen LogP contribution < -0.4 is 0 Å². The van der Waals surface area contributed by atoms with Gasteiger partial charge in [0.25, 0.3) is 5.91 Å². The smallest absolute Gasteiger partial charge is 0.328 e. The molecular formula is C19H24N2O5. The molecule has 7 nitrogen and oxygen atoms in total. The molecule has 7 heteroatoms. The van der Waals surface area contributed by atoms with Gasteiger partial charge in [-0.15, -0.1) is 0 Å². The van der Waals surface area contributed by atoms with Gasteiger partial charge in [-0.25, -0.2) is 4.79 Å². The molecule has 140 valence electrons. The zero-order valence-electron chi connectivity index (χ0n) is 15.3. The van der Waals surface area contributed by atoms with E-state index in [0.717, 1.165) is 28.7 Å². The highest BCUT2D eigenvalue weighted by atomic mass is 16.5. The van der Waals surface area contributed by atoms with Crippen molar-refractivity contribution in [2.75, 3.05) is 33.5 Å². The maximum Gasteiger partial charge on any atom is 0.328 e. The molecule has 1 aromatic heterocycles. The fourth-order valence-corrected chi connectivity index (χ4v) is 3.47. The number of methoxy groups -OCH3 is 1. The number of hydrogen-bond acceptors (Lipinski definition) is 4. The topological polar surface area (TPSA) is 81.0 Å². The summed E-state index contributed by atoms with van der Waals surface area (Å²) in [7, 11) is 1.67. The van der Waals surface area contributed by atoms with Gasteiger partial charge >= 0.3 is 5.97 Å². The molecule has 1 amide bonds. The Morgan fingerprint density at radius 3 is 2.81 bits per heavy atom. The lowest BCUT2D eigenvalue weighted by Gasteiger charge is -2.32. The zero-order valence-corrected chi connectivity index (χ0v) is 15.3. The summed E-state index contributed by atoms with van der Waals surface area (Å²) in [4.78, 5) is 25.7. The van der Waals surface area contributed by atoms with Crippen LogP contribution >= 0.6 is 0 Å². The quantitative estimate of drug-likeness (QED) is 0.880. The standard InChI is InChI=1S/C19H24N2O5/c1-12-13(2)20(6-8-25-3)16-5-4-14(10-15(12)16)18(22)21-7-9-26-11-17(21)19(23)24/h4-5,10,17H,6-9,11H2,1-3H3,(H,23,24). The van der Waals surface area contributed by atoms with E-state index in [1.807, 2.05) is 19.1 Å². The zero-order chi connectivity index (χ0) is 18.8. The van der Waals surface area contributed by atoms with E-state index >= 15 is 0 Å².